The molecule has 0 aliphatic heterocycles. The molecule has 5 nitrogen and oxygen atoms in total. The summed E-state index contributed by atoms with van der Waals surface area (Å²) in [7, 11) is 0. The Labute approximate surface area is 188 Å². The molecule has 0 spiro atoms. The first kappa shape index (κ1) is 22.8. The van der Waals surface area contributed by atoms with Gasteiger partial charge in [-0.2, -0.15) is 0 Å². The minimum atomic E-state index is -0.230. The van der Waals surface area contributed by atoms with Crippen LogP contribution in [0.25, 0.3) is 11.3 Å². The van der Waals surface area contributed by atoms with Crippen molar-refractivity contribution < 1.29 is 14.3 Å². The molecule has 0 bridgehead atoms. The summed E-state index contributed by atoms with van der Waals surface area (Å²) in [5.74, 6) is 1.78. The molecule has 0 saturated carbocycles. The van der Waals surface area contributed by atoms with Crippen molar-refractivity contribution in [3.05, 3.63) is 59.0 Å². The average Bonchev–Trinajstić information content (AvgIpc) is 3.21. The van der Waals surface area contributed by atoms with Crippen LogP contribution < -0.4 is 14.8 Å². The number of aryl methyl sites for hydroxylation is 1. The van der Waals surface area contributed by atoms with Gasteiger partial charge in [-0.3, -0.25) is 10.1 Å². The molecule has 0 aliphatic carbocycles. The fraction of sp³-hybridized carbons (Fsp3) is 0.360. The van der Waals surface area contributed by atoms with Crippen LogP contribution in [0.1, 0.15) is 50.7 Å². The number of rotatable bonds is 10. The van der Waals surface area contributed by atoms with Gasteiger partial charge in [0.05, 0.1) is 12.3 Å². The van der Waals surface area contributed by atoms with Gasteiger partial charge in [0.15, 0.2) is 11.7 Å². The van der Waals surface area contributed by atoms with E-state index >= 15 is 0 Å². The minimum Gasteiger partial charge on any atom is -0.494 e. The van der Waals surface area contributed by atoms with Crippen LogP contribution in [0.3, 0.4) is 0 Å². The van der Waals surface area contributed by atoms with Gasteiger partial charge in [0.1, 0.15) is 11.5 Å². The molecule has 1 heterocycles. The largest absolute Gasteiger partial charge is 0.494 e. The number of anilines is 1. The van der Waals surface area contributed by atoms with Gasteiger partial charge in [-0.15, -0.1) is 11.3 Å². The molecule has 0 atom stereocenters. The highest BCUT2D eigenvalue weighted by atomic mass is 32.1. The summed E-state index contributed by atoms with van der Waals surface area (Å²) < 4.78 is 11.3. The van der Waals surface area contributed by atoms with Crippen LogP contribution in [0.4, 0.5) is 5.13 Å². The van der Waals surface area contributed by atoms with Crippen LogP contribution in [0.2, 0.25) is 0 Å². The molecule has 6 heteroatoms. The average molecular weight is 439 g/mol. The third-order valence-electron chi connectivity index (χ3n) is 4.90. The Balaban J connectivity index is 1.52. The highest BCUT2D eigenvalue weighted by molar-refractivity contribution is 7.14. The van der Waals surface area contributed by atoms with E-state index in [1.54, 1.807) is 0 Å². The van der Waals surface area contributed by atoms with Crippen LogP contribution in [-0.2, 0) is 4.79 Å². The SMILES string of the molecule is CCCCOc1ccc(-c2csc(NC(=O)COc3ccc(C(C)C)c(C)c3)n2)cc1. The van der Waals surface area contributed by atoms with Gasteiger partial charge in [-0.25, -0.2) is 4.98 Å². The Morgan fingerprint density at radius 3 is 2.52 bits per heavy atom. The van der Waals surface area contributed by atoms with Gasteiger partial charge in [-0.1, -0.05) is 33.3 Å². The predicted octanol–water partition coefficient (Wildman–Crippen LogP) is 6.44. The summed E-state index contributed by atoms with van der Waals surface area (Å²) in [6.45, 7) is 9.19. The summed E-state index contributed by atoms with van der Waals surface area (Å²) in [6.07, 6.45) is 2.16. The van der Waals surface area contributed by atoms with Crippen molar-refractivity contribution in [1.29, 1.82) is 0 Å². The fourth-order valence-corrected chi connectivity index (χ4v) is 3.95. The summed E-state index contributed by atoms with van der Waals surface area (Å²) in [5, 5.41) is 5.29. The lowest BCUT2D eigenvalue weighted by atomic mass is 9.98. The lowest BCUT2D eigenvalue weighted by Crippen LogP contribution is -2.20. The third kappa shape index (κ3) is 6.56. The van der Waals surface area contributed by atoms with Gasteiger partial charge >= 0.3 is 0 Å². The second-order valence-electron chi connectivity index (χ2n) is 7.77. The van der Waals surface area contributed by atoms with Crippen LogP contribution in [0.15, 0.2) is 47.8 Å². The molecule has 31 heavy (non-hydrogen) atoms. The molecule has 1 aromatic heterocycles. The van der Waals surface area contributed by atoms with E-state index in [9.17, 15) is 4.79 Å². The number of carbonyl (C=O) groups excluding carboxylic acids is 1. The number of ether oxygens (including phenoxy) is 2. The maximum absolute atomic E-state index is 12.3. The second kappa shape index (κ2) is 11.0. The van der Waals surface area contributed by atoms with E-state index in [1.807, 2.05) is 41.8 Å². The maximum atomic E-state index is 12.3. The summed E-state index contributed by atoms with van der Waals surface area (Å²) in [5.41, 5.74) is 4.25. The minimum absolute atomic E-state index is 0.0564. The van der Waals surface area contributed by atoms with Crippen LogP contribution in [0, 0.1) is 6.92 Å². The van der Waals surface area contributed by atoms with E-state index in [1.165, 1.54) is 22.5 Å². The zero-order valence-corrected chi connectivity index (χ0v) is 19.4. The van der Waals surface area contributed by atoms with E-state index < -0.39 is 0 Å². The number of unbranched alkanes of at least 4 members (excludes halogenated alkanes) is 1. The van der Waals surface area contributed by atoms with E-state index in [0.717, 1.165) is 36.5 Å². The number of hydrogen-bond acceptors (Lipinski definition) is 5. The molecule has 1 N–H and O–H groups in total. The number of hydrogen-bond donors (Lipinski definition) is 1. The summed E-state index contributed by atoms with van der Waals surface area (Å²) in [4.78, 5) is 16.8. The highest BCUT2D eigenvalue weighted by Crippen LogP contribution is 2.27. The number of thiazole rings is 1. The molecule has 0 fully saturated rings. The third-order valence-corrected chi connectivity index (χ3v) is 5.66. The van der Waals surface area contributed by atoms with E-state index in [2.05, 4.69) is 44.1 Å². The standard InChI is InChI=1S/C25H30N2O3S/c1-5-6-13-29-20-9-7-19(8-10-20)23-16-31-25(26-23)27-24(28)15-30-21-11-12-22(17(2)3)18(4)14-21/h7-12,14,16-17H,5-6,13,15H2,1-4H3,(H,26,27,28). The Morgan fingerprint density at radius 2 is 1.84 bits per heavy atom. The molecule has 0 unspecified atom stereocenters. The molecule has 3 rings (SSSR count). The van der Waals surface area contributed by atoms with Gasteiger partial charge in [0, 0.05) is 10.9 Å². The smallest absolute Gasteiger partial charge is 0.264 e. The maximum Gasteiger partial charge on any atom is 0.264 e. The molecule has 3 aromatic rings. The normalized spacial score (nSPS) is 10.9. The molecule has 164 valence electrons. The van der Waals surface area contributed by atoms with Gasteiger partial charge in [0.25, 0.3) is 5.91 Å². The first-order valence-electron chi connectivity index (χ1n) is 10.7. The number of aromatic nitrogens is 1. The van der Waals surface area contributed by atoms with Crippen LogP contribution in [-0.4, -0.2) is 24.1 Å². The lowest BCUT2D eigenvalue weighted by Gasteiger charge is -2.12. The number of benzene rings is 2. The van der Waals surface area contributed by atoms with Gasteiger partial charge in [0.2, 0.25) is 0 Å². The van der Waals surface area contributed by atoms with Crippen molar-refractivity contribution in [3.63, 3.8) is 0 Å². The van der Waals surface area contributed by atoms with Crippen molar-refractivity contribution in [2.45, 2.75) is 46.5 Å². The fourth-order valence-electron chi connectivity index (χ4n) is 3.21. The van der Waals surface area contributed by atoms with Crippen molar-refractivity contribution >= 4 is 22.4 Å². The molecule has 0 radical (unpaired) electrons. The first-order chi connectivity index (χ1) is 15.0. The molecular weight excluding hydrogens is 408 g/mol. The van der Waals surface area contributed by atoms with Crippen molar-refractivity contribution in [3.8, 4) is 22.8 Å². The molecule has 0 saturated heterocycles. The van der Waals surface area contributed by atoms with Gasteiger partial charge in [-0.05, 0) is 66.8 Å². The van der Waals surface area contributed by atoms with Crippen molar-refractivity contribution in [2.24, 2.45) is 0 Å². The Morgan fingerprint density at radius 1 is 1.10 bits per heavy atom. The molecule has 0 aliphatic rings. The number of nitrogens with zero attached hydrogens (tertiary/aromatic N) is 1. The quantitative estimate of drug-likeness (QED) is 0.370. The molecular formula is C25H30N2O3S. The van der Waals surface area contributed by atoms with Crippen molar-refractivity contribution in [1.82, 2.24) is 4.98 Å². The van der Waals surface area contributed by atoms with Crippen LogP contribution >= 0.6 is 11.3 Å². The predicted molar refractivity (Wildman–Crippen MR) is 127 cm³/mol. The van der Waals surface area contributed by atoms with Crippen LogP contribution in [0.5, 0.6) is 11.5 Å². The molecule has 2 aromatic carbocycles. The lowest BCUT2D eigenvalue weighted by molar-refractivity contribution is -0.118. The summed E-state index contributed by atoms with van der Waals surface area (Å²) >= 11 is 1.39. The monoisotopic (exact) mass is 438 g/mol. The van der Waals surface area contributed by atoms with Gasteiger partial charge < -0.3 is 9.47 Å². The Bertz CT molecular complexity index is 996. The Hall–Kier alpha value is -2.86. The van der Waals surface area contributed by atoms with E-state index in [-0.39, 0.29) is 12.5 Å². The van der Waals surface area contributed by atoms with E-state index in [4.69, 9.17) is 9.47 Å². The summed E-state index contributed by atoms with van der Waals surface area (Å²) in [6, 6.07) is 13.8. The molecule has 1 amide bonds. The zero-order chi connectivity index (χ0) is 22.2. The van der Waals surface area contributed by atoms with E-state index in [0.29, 0.717) is 16.8 Å². The zero-order valence-electron chi connectivity index (χ0n) is 18.6. The number of carbonyl (C=O) groups is 1. The topological polar surface area (TPSA) is 60.5 Å². The highest BCUT2D eigenvalue weighted by Gasteiger charge is 2.10. The number of amides is 1. The number of nitrogens with one attached hydrogen (secondary N) is 1. The Kier molecular flexibility index (Phi) is 8.06. The first-order valence-corrected chi connectivity index (χ1v) is 11.6. The second-order valence-corrected chi connectivity index (χ2v) is 8.63. The van der Waals surface area contributed by atoms with Crippen molar-refractivity contribution in [2.75, 3.05) is 18.5 Å².